The third-order valence-corrected chi connectivity index (χ3v) is 3.36. The van der Waals surface area contributed by atoms with E-state index in [0.717, 1.165) is 11.3 Å². The van der Waals surface area contributed by atoms with Gasteiger partial charge in [0.25, 0.3) is 0 Å². The van der Waals surface area contributed by atoms with Crippen LogP contribution in [0.3, 0.4) is 0 Å². The lowest BCUT2D eigenvalue weighted by molar-refractivity contribution is -0.121. The summed E-state index contributed by atoms with van der Waals surface area (Å²) in [5, 5.41) is 8.56. The molecule has 2 amide bonds. The van der Waals surface area contributed by atoms with Crippen LogP contribution in [0.4, 0.5) is 15.8 Å². The number of nitrogens with one attached hydrogen (secondary N) is 3. The van der Waals surface area contributed by atoms with Gasteiger partial charge in [-0.15, -0.1) is 0 Å². The number of amides is 2. The molecule has 0 spiro atoms. The van der Waals surface area contributed by atoms with Gasteiger partial charge in [-0.2, -0.15) is 0 Å². The van der Waals surface area contributed by atoms with Crippen molar-refractivity contribution in [1.82, 2.24) is 5.32 Å². The van der Waals surface area contributed by atoms with Crippen molar-refractivity contribution in [2.24, 2.45) is 0 Å². The zero-order chi connectivity index (χ0) is 17.5. The Bertz CT molecular complexity index is 699. The molecule has 2 rings (SSSR count). The minimum Gasteiger partial charge on any atom is -0.374 e. The molecule has 0 bridgehead atoms. The fourth-order valence-corrected chi connectivity index (χ4v) is 2.11. The molecule has 1 unspecified atom stereocenters. The van der Waals surface area contributed by atoms with Gasteiger partial charge < -0.3 is 16.0 Å². The van der Waals surface area contributed by atoms with Crippen molar-refractivity contribution in [3.05, 3.63) is 59.9 Å². The largest absolute Gasteiger partial charge is 0.374 e. The fraction of sp³-hybridized carbons (Fsp3) is 0.222. The number of carbonyl (C=O) groups excluding carboxylic acids is 2. The fourth-order valence-electron chi connectivity index (χ4n) is 2.11. The molecule has 0 fully saturated rings. The molecule has 6 heteroatoms. The Morgan fingerprint density at radius 2 is 1.58 bits per heavy atom. The van der Waals surface area contributed by atoms with E-state index in [1.54, 1.807) is 43.3 Å². The SMILES string of the molecule is CC(=O)Nc1ccc(NC(C)C(=O)NCc2ccc(F)cc2)cc1. The highest BCUT2D eigenvalue weighted by Gasteiger charge is 2.12. The van der Waals surface area contributed by atoms with Gasteiger partial charge in [0.2, 0.25) is 11.8 Å². The van der Waals surface area contributed by atoms with Crippen LogP contribution in [0.5, 0.6) is 0 Å². The first-order valence-electron chi connectivity index (χ1n) is 7.60. The molecule has 0 radical (unpaired) electrons. The maximum absolute atomic E-state index is 12.8. The van der Waals surface area contributed by atoms with Gasteiger partial charge in [0, 0.05) is 24.8 Å². The van der Waals surface area contributed by atoms with Crippen LogP contribution in [0, 0.1) is 5.82 Å². The van der Waals surface area contributed by atoms with Crippen LogP contribution in [-0.4, -0.2) is 17.9 Å². The van der Waals surface area contributed by atoms with Gasteiger partial charge in [0.05, 0.1) is 0 Å². The van der Waals surface area contributed by atoms with Crippen LogP contribution in [0.2, 0.25) is 0 Å². The van der Waals surface area contributed by atoms with E-state index < -0.39 is 6.04 Å². The minimum absolute atomic E-state index is 0.135. The molecule has 0 heterocycles. The summed E-state index contributed by atoms with van der Waals surface area (Å²) in [5.41, 5.74) is 2.30. The molecule has 3 N–H and O–H groups in total. The Morgan fingerprint density at radius 3 is 2.17 bits per heavy atom. The lowest BCUT2D eigenvalue weighted by Gasteiger charge is -2.15. The van der Waals surface area contributed by atoms with E-state index in [0.29, 0.717) is 12.2 Å². The van der Waals surface area contributed by atoms with Crippen molar-refractivity contribution in [3.63, 3.8) is 0 Å². The highest BCUT2D eigenvalue weighted by Crippen LogP contribution is 2.14. The lowest BCUT2D eigenvalue weighted by atomic mass is 10.2. The van der Waals surface area contributed by atoms with Crippen molar-refractivity contribution < 1.29 is 14.0 Å². The first-order valence-corrected chi connectivity index (χ1v) is 7.60. The van der Waals surface area contributed by atoms with E-state index in [4.69, 9.17) is 0 Å². The topological polar surface area (TPSA) is 70.2 Å². The molecule has 5 nitrogen and oxygen atoms in total. The third kappa shape index (κ3) is 5.39. The molecule has 24 heavy (non-hydrogen) atoms. The number of rotatable bonds is 6. The van der Waals surface area contributed by atoms with Crippen molar-refractivity contribution >= 4 is 23.2 Å². The Labute approximate surface area is 140 Å². The molecule has 0 saturated heterocycles. The van der Waals surface area contributed by atoms with Gasteiger partial charge in [-0.05, 0) is 48.9 Å². The quantitative estimate of drug-likeness (QED) is 0.763. The highest BCUT2D eigenvalue weighted by atomic mass is 19.1. The van der Waals surface area contributed by atoms with E-state index in [1.165, 1.54) is 19.1 Å². The monoisotopic (exact) mass is 329 g/mol. The number of carbonyl (C=O) groups is 2. The summed E-state index contributed by atoms with van der Waals surface area (Å²) in [6, 6.07) is 12.6. The van der Waals surface area contributed by atoms with E-state index in [-0.39, 0.29) is 17.6 Å². The molecule has 2 aromatic rings. The predicted molar refractivity (Wildman–Crippen MR) is 92.1 cm³/mol. The summed E-state index contributed by atoms with van der Waals surface area (Å²) in [5.74, 6) is -0.600. The van der Waals surface area contributed by atoms with E-state index in [2.05, 4.69) is 16.0 Å². The van der Waals surface area contributed by atoms with Gasteiger partial charge in [-0.25, -0.2) is 4.39 Å². The molecule has 0 aliphatic rings. The summed E-state index contributed by atoms with van der Waals surface area (Å²) in [6.45, 7) is 3.54. The number of benzene rings is 2. The van der Waals surface area contributed by atoms with Crippen LogP contribution in [0.1, 0.15) is 19.4 Å². The van der Waals surface area contributed by atoms with E-state index >= 15 is 0 Å². The molecule has 0 aliphatic carbocycles. The molecular weight excluding hydrogens is 309 g/mol. The summed E-state index contributed by atoms with van der Waals surface area (Å²) >= 11 is 0. The van der Waals surface area contributed by atoms with Crippen LogP contribution >= 0.6 is 0 Å². The molecular formula is C18H20FN3O2. The summed E-state index contributed by atoms with van der Waals surface area (Å²) < 4.78 is 12.8. The van der Waals surface area contributed by atoms with Gasteiger partial charge in [0.15, 0.2) is 0 Å². The van der Waals surface area contributed by atoms with Gasteiger partial charge in [0.1, 0.15) is 11.9 Å². The first kappa shape index (κ1) is 17.5. The first-order chi connectivity index (χ1) is 11.4. The molecule has 0 aliphatic heterocycles. The summed E-state index contributed by atoms with van der Waals surface area (Å²) in [6.07, 6.45) is 0. The number of halogens is 1. The number of hydrogen-bond acceptors (Lipinski definition) is 3. The standard InChI is InChI=1S/C18H20FN3O2/c1-12(18(24)20-11-14-3-5-15(19)6-4-14)21-16-7-9-17(10-8-16)22-13(2)23/h3-10,12,21H,11H2,1-2H3,(H,20,24)(H,22,23). The van der Waals surface area contributed by atoms with Crippen LogP contribution in [0.15, 0.2) is 48.5 Å². The Hall–Kier alpha value is -2.89. The Balaban J connectivity index is 1.84. The van der Waals surface area contributed by atoms with Gasteiger partial charge in [-0.3, -0.25) is 9.59 Å². The maximum Gasteiger partial charge on any atom is 0.242 e. The molecule has 126 valence electrons. The average molecular weight is 329 g/mol. The Kier molecular flexibility index (Phi) is 5.89. The van der Waals surface area contributed by atoms with E-state index in [9.17, 15) is 14.0 Å². The van der Waals surface area contributed by atoms with Crippen LogP contribution in [0.25, 0.3) is 0 Å². The summed E-state index contributed by atoms with van der Waals surface area (Å²) in [7, 11) is 0. The van der Waals surface area contributed by atoms with Crippen molar-refractivity contribution in [2.45, 2.75) is 26.4 Å². The zero-order valence-corrected chi connectivity index (χ0v) is 13.6. The number of hydrogen-bond donors (Lipinski definition) is 3. The lowest BCUT2D eigenvalue weighted by Crippen LogP contribution is -2.37. The van der Waals surface area contributed by atoms with Crippen molar-refractivity contribution in [3.8, 4) is 0 Å². The second-order valence-electron chi connectivity index (χ2n) is 5.47. The van der Waals surface area contributed by atoms with Crippen molar-refractivity contribution in [2.75, 3.05) is 10.6 Å². The van der Waals surface area contributed by atoms with Crippen molar-refractivity contribution in [1.29, 1.82) is 0 Å². The minimum atomic E-state index is -0.433. The van der Waals surface area contributed by atoms with Crippen LogP contribution in [-0.2, 0) is 16.1 Å². The highest BCUT2D eigenvalue weighted by molar-refractivity contribution is 5.89. The van der Waals surface area contributed by atoms with Crippen LogP contribution < -0.4 is 16.0 Å². The molecule has 2 aromatic carbocycles. The zero-order valence-electron chi connectivity index (χ0n) is 13.6. The molecule has 0 saturated carbocycles. The average Bonchev–Trinajstić information content (AvgIpc) is 2.55. The van der Waals surface area contributed by atoms with Gasteiger partial charge >= 0.3 is 0 Å². The van der Waals surface area contributed by atoms with Gasteiger partial charge in [-0.1, -0.05) is 12.1 Å². The normalized spacial score (nSPS) is 11.5. The maximum atomic E-state index is 12.8. The number of anilines is 2. The summed E-state index contributed by atoms with van der Waals surface area (Å²) in [4.78, 5) is 23.1. The Morgan fingerprint density at radius 1 is 1.00 bits per heavy atom. The smallest absolute Gasteiger partial charge is 0.242 e. The second-order valence-corrected chi connectivity index (χ2v) is 5.47. The second kappa shape index (κ2) is 8.10. The third-order valence-electron chi connectivity index (χ3n) is 3.36. The molecule has 0 aromatic heterocycles. The molecule has 1 atom stereocenters. The predicted octanol–water partition coefficient (Wildman–Crippen LogP) is 2.90. The van der Waals surface area contributed by atoms with E-state index in [1.807, 2.05) is 0 Å².